The maximum Gasteiger partial charge on any atom is 0.269 e. The van der Waals surface area contributed by atoms with Crippen molar-refractivity contribution in [3.05, 3.63) is 38.9 Å². The van der Waals surface area contributed by atoms with Gasteiger partial charge in [-0.05, 0) is 31.5 Å². The summed E-state index contributed by atoms with van der Waals surface area (Å²) in [7, 11) is 1.85. The van der Waals surface area contributed by atoms with Crippen molar-refractivity contribution < 1.29 is 4.92 Å². The Morgan fingerprint density at radius 3 is 2.67 bits per heavy atom. The van der Waals surface area contributed by atoms with Crippen molar-refractivity contribution in [3.63, 3.8) is 0 Å². The number of nitrogens with one attached hydrogen (secondary N) is 1. The van der Waals surface area contributed by atoms with Crippen LogP contribution in [0.1, 0.15) is 18.4 Å². The summed E-state index contributed by atoms with van der Waals surface area (Å²) in [5.74, 6) is 0. The van der Waals surface area contributed by atoms with Gasteiger partial charge in [-0.25, -0.2) is 0 Å². The van der Waals surface area contributed by atoms with Crippen molar-refractivity contribution in [2.75, 3.05) is 7.05 Å². The topological polar surface area (TPSA) is 55.2 Å². The van der Waals surface area contributed by atoms with Crippen LogP contribution < -0.4 is 5.32 Å². The molecule has 5 heteroatoms. The molecule has 4 nitrogen and oxygen atoms in total. The molecule has 15 heavy (non-hydrogen) atoms. The van der Waals surface area contributed by atoms with E-state index < -0.39 is 4.92 Å². The molecule has 1 fully saturated rings. The summed E-state index contributed by atoms with van der Waals surface area (Å²) >= 11 is 6.04. The number of non-ortho nitro benzene ring substituents is 1. The summed E-state index contributed by atoms with van der Waals surface area (Å²) in [5, 5.41) is 14.4. The standard InChI is InChI=1S/C10H11ClN2O2/c1-12-10(4-5-10)8-6-7(13(14)15)2-3-9(8)11/h2-3,6,12H,4-5H2,1H3. The molecule has 1 N–H and O–H groups in total. The predicted molar refractivity (Wildman–Crippen MR) is 58.1 cm³/mol. The minimum Gasteiger partial charge on any atom is -0.310 e. The van der Waals surface area contributed by atoms with Gasteiger partial charge in [0.05, 0.1) is 4.92 Å². The van der Waals surface area contributed by atoms with E-state index in [9.17, 15) is 10.1 Å². The first-order chi connectivity index (χ1) is 7.09. The predicted octanol–water partition coefficient (Wildman–Crippen LogP) is 2.46. The van der Waals surface area contributed by atoms with Crippen LogP contribution in [0.5, 0.6) is 0 Å². The lowest BCUT2D eigenvalue weighted by atomic mass is 10.0. The molecule has 1 aromatic carbocycles. The monoisotopic (exact) mass is 226 g/mol. The number of nitro groups is 1. The van der Waals surface area contributed by atoms with Crippen LogP contribution in [0, 0.1) is 10.1 Å². The summed E-state index contributed by atoms with van der Waals surface area (Å²) in [4.78, 5) is 10.2. The van der Waals surface area contributed by atoms with Gasteiger partial charge in [0.25, 0.3) is 5.69 Å². The van der Waals surface area contributed by atoms with Gasteiger partial charge in [-0.1, -0.05) is 11.6 Å². The fourth-order valence-electron chi connectivity index (χ4n) is 1.77. The van der Waals surface area contributed by atoms with Gasteiger partial charge in [0.1, 0.15) is 0 Å². The van der Waals surface area contributed by atoms with Crippen molar-refractivity contribution in [2.45, 2.75) is 18.4 Å². The molecule has 1 aliphatic carbocycles. The van der Waals surface area contributed by atoms with E-state index in [1.54, 1.807) is 12.1 Å². The van der Waals surface area contributed by atoms with Crippen LogP contribution >= 0.6 is 11.6 Å². The molecule has 0 bridgehead atoms. The first-order valence-electron chi connectivity index (χ1n) is 4.72. The normalized spacial score (nSPS) is 17.5. The highest BCUT2D eigenvalue weighted by Gasteiger charge is 2.44. The van der Waals surface area contributed by atoms with Crippen molar-refractivity contribution in [1.82, 2.24) is 5.32 Å². The Hall–Kier alpha value is -1.13. The molecule has 1 aromatic rings. The van der Waals surface area contributed by atoms with Crippen LogP contribution in [0.3, 0.4) is 0 Å². The number of hydrogen-bond donors (Lipinski definition) is 1. The van der Waals surface area contributed by atoms with Crippen LogP contribution in [0.25, 0.3) is 0 Å². The largest absolute Gasteiger partial charge is 0.310 e. The Kier molecular flexibility index (Phi) is 2.40. The summed E-state index contributed by atoms with van der Waals surface area (Å²) in [6.07, 6.45) is 1.95. The van der Waals surface area contributed by atoms with Crippen LogP contribution in [0.2, 0.25) is 5.02 Å². The minimum atomic E-state index is -0.397. The van der Waals surface area contributed by atoms with Crippen molar-refractivity contribution in [1.29, 1.82) is 0 Å². The van der Waals surface area contributed by atoms with Crippen LogP contribution in [-0.2, 0) is 5.54 Å². The molecule has 2 rings (SSSR count). The third kappa shape index (κ3) is 1.70. The molecular formula is C10H11ClN2O2. The molecule has 1 aliphatic rings. The first kappa shape index (κ1) is 10.4. The van der Waals surface area contributed by atoms with Crippen LogP contribution in [-0.4, -0.2) is 12.0 Å². The number of hydrogen-bond acceptors (Lipinski definition) is 3. The summed E-state index contributed by atoms with van der Waals surface area (Å²) < 4.78 is 0. The zero-order chi connectivity index (χ0) is 11.1. The molecule has 0 radical (unpaired) electrons. The smallest absolute Gasteiger partial charge is 0.269 e. The molecule has 0 heterocycles. The van der Waals surface area contributed by atoms with E-state index in [1.165, 1.54) is 6.07 Å². The SMILES string of the molecule is CNC1(c2cc([N+](=O)[O-])ccc2Cl)CC1. The average molecular weight is 227 g/mol. The number of nitro benzene ring substituents is 1. The Bertz CT molecular complexity index is 416. The fraction of sp³-hybridized carbons (Fsp3) is 0.400. The Morgan fingerprint density at radius 1 is 1.53 bits per heavy atom. The zero-order valence-corrected chi connectivity index (χ0v) is 9.04. The van der Waals surface area contributed by atoms with Gasteiger partial charge in [-0.15, -0.1) is 0 Å². The van der Waals surface area contributed by atoms with E-state index in [0.717, 1.165) is 18.4 Å². The first-order valence-corrected chi connectivity index (χ1v) is 5.10. The van der Waals surface area contributed by atoms with Gasteiger partial charge in [-0.3, -0.25) is 10.1 Å². The lowest BCUT2D eigenvalue weighted by molar-refractivity contribution is -0.384. The van der Waals surface area contributed by atoms with E-state index in [-0.39, 0.29) is 11.2 Å². The Morgan fingerprint density at radius 2 is 2.20 bits per heavy atom. The van der Waals surface area contributed by atoms with E-state index in [4.69, 9.17) is 11.6 Å². The van der Waals surface area contributed by atoms with Gasteiger partial charge >= 0.3 is 0 Å². The Balaban J connectivity index is 2.46. The second-order valence-corrected chi connectivity index (χ2v) is 4.16. The van der Waals surface area contributed by atoms with Crippen molar-refractivity contribution in [3.8, 4) is 0 Å². The van der Waals surface area contributed by atoms with Crippen LogP contribution in [0.15, 0.2) is 18.2 Å². The van der Waals surface area contributed by atoms with E-state index in [0.29, 0.717) is 5.02 Å². The lowest BCUT2D eigenvalue weighted by Gasteiger charge is -2.15. The maximum absolute atomic E-state index is 10.6. The van der Waals surface area contributed by atoms with Crippen molar-refractivity contribution >= 4 is 17.3 Å². The molecule has 0 aromatic heterocycles. The number of rotatable bonds is 3. The molecule has 0 atom stereocenters. The van der Waals surface area contributed by atoms with Gasteiger partial charge in [0.2, 0.25) is 0 Å². The molecule has 0 amide bonds. The van der Waals surface area contributed by atoms with Gasteiger partial charge < -0.3 is 5.32 Å². The van der Waals surface area contributed by atoms with E-state index in [2.05, 4.69) is 5.32 Å². The minimum absolute atomic E-state index is 0.0934. The quantitative estimate of drug-likeness (QED) is 0.636. The molecular weight excluding hydrogens is 216 g/mol. The molecule has 0 aliphatic heterocycles. The van der Waals surface area contributed by atoms with Gasteiger partial charge in [0.15, 0.2) is 0 Å². The molecule has 0 unspecified atom stereocenters. The highest BCUT2D eigenvalue weighted by molar-refractivity contribution is 6.31. The molecule has 0 saturated heterocycles. The second-order valence-electron chi connectivity index (χ2n) is 3.75. The zero-order valence-electron chi connectivity index (χ0n) is 8.29. The van der Waals surface area contributed by atoms with Crippen molar-refractivity contribution in [2.24, 2.45) is 0 Å². The Labute approximate surface area is 92.4 Å². The summed E-state index contributed by atoms with van der Waals surface area (Å²) in [6.45, 7) is 0. The van der Waals surface area contributed by atoms with Gasteiger partial charge in [-0.2, -0.15) is 0 Å². The second kappa shape index (κ2) is 3.47. The molecule has 1 saturated carbocycles. The molecule has 0 spiro atoms. The third-order valence-corrected chi connectivity index (χ3v) is 3.23. The average Bonchev–Trinajstić information content (AvgIpc) is 2.99. The lowest BCUT2D eigenvalue weighted by Crippen LogP contribution is -2.24. The highest BCUT2D eigenvalue weighted by atomic mass is 35.5. The van der Waals surface area contributed by atoms with E-state index >= 15 is 0 Å². The molecule has 80 valence electrons. The van der Waals surface area contributed by atoms with Crippen LogP contribution in [0.4, 0.5) is 5.69 Å². The highest BCUT2D eigenvalue weighted by Crippen LogP contribution is 2.48. The fourth-order valence-corrected chi connectivity index (χ4v) is 2.07. The van der Waals surface area contributed by atoms with E-state index in [1.807, 2.05) is 7.05 Å². The maximum atomic E-state index is 10.6. The number of nitrogens with zero attached hydrogens (tertiary/aromatic N) is 1. The number of benzene rings is 1. The third-order valence-electron chi connectivity index (χ3n) is 2.90. The van der Waals surface area contributed by atoms with Gasteiger partial charge in [0, 0.05) is 22.7 Å². The summed E-state index contributed by atoms with van der Waals surface area (Å²) in [5.41, 5.74) is 0.792. The summed E-state index contributed by atoms with van der Waals surface area (Å²) in [6, 6.07) is 4.58. The number of halogens is 1.